The third kappa shape index (κ3) is 5.74. The SMILES string of the molecule is NC1CCc2ccc(CCCNS(=O)CC3CC3)cc2C1Cc1ccc(F)cc1. The van der Waals surface area contributed by atoms with Crippen LogP contribution in [0.5, 0.6) is 0 Å². The van der Waals surface area contributed by atoms with Crippen molar-refractivity contribution in [1.29, 1.82) is 0 Å². The number of hydrogen-bond acceptors (Lipinski definition) is 2. The van der Waals surface area contributed by atoms with Gasteiger partial charge in [-0.25, -0.2) is 13.3 Å². The largest absolute Gasteiger partial charge is 0.327 e. The quantitative estimate of drug-likeness (QED) is 0.609. The maximum absolute atomic E-state index is 13.2. The summed E-state index contributed by atoms with van der Waals surface area (Å²) >= 11 is 0. The van der Waals surface area contributed by atoms with Crippen LogP contribution in [0.4, 0.5) is 4.39 Å². The Bertz CT molecular complexity index is 850. The molecule has 0 amide bonds. The highest BCUT2D eigenvalue weighted by molar-refractivity contribution is 7.83. The minimum absolute atomic E-state index is 0.134. The lowest BCUT2D eigenvalue weighted by atomic mass is 9.76. The Morgan fingerprint density at radius 2 is 1.83 bits per heavy atom. The van der Waals surface area contributed by atoms with E-state index in [4.69, 9.17) is 5.73 Å². The zero-order valence-corrected chi connectivity index (χ0v) is 17.7. The van der Waals surface area contributed by atoms with Gasteiger partial charge in [0.15, 0.2) is 0 Å². The molecule has 3 unspecified atom stereocenters. The third-order valence-corrected chi connectivity index (χ3v) is 7.53. The van der Waals surface area contributed by atoms with E-state index in [1.807, 2.05) is 12.1 Å². The monoisotopic (exact) mass is 414 g/mol. The van der Waals surface area contributed by atoms with Gasteiger partial charge in [-0.1, -0.05) is 30.3 Å². The van der Waals surface area contributed by atoms with Gasteiger partial charge in [-0.05, 0) is 85.3 Å². The molecule has 2 aromatic carbocycles. The molecule has 0 aromatic heterocycles. The number of rotatable bonds is 9. The summed E-state index contributed by atoms with van der Waals surface area (Å²) in [4.78, 5) is 0. The van der Waals surface area contributed by atoms with Crippen molar-refractivity contribution in [3.63, 3.8) is 0 Å². The van der Waals surface area contributed by atoms with Gasteiger partial charge in [0.05, 0.1) is 11.0 Å². The molecule has 4 rings (SSSR count). The van der Waals surface area contributed by atoms with E-state index in [2.05, 4.69) is 22.9 Å². The first-order valence-corrected chi connectivity index (χ1v) is 12.1. The lowest BCUT2D eigenvalue weighted by molar-refractivity contribution is 0.467. The zero-order chi connectivity index (χ0) is 20.2. The fraction of sp³-hybridized carbons (Fsp3) is 0.500. The highest BCUT2D eigenvalue weighted by Gasteiger charge is 2.27. The van der Waals surface area contributed by atoms with Crippen LogP contribution in [0.3, 0.4) is 0 Å². The standard InChI is InChI=1S/C24H31FN2OS/c25-21-10-6-18(7-11-21)15-23-22-14-17(5-8-20(22)9-12-24(23)26)2-1-13-27-29(28)16-19-3-4-19/h5-8,10-11,14,19,23-24,27H,1-4,9,12-13,15-16,26H2. The minimum Gasteiger partial charge on any atom is -0.327 e. The van der Waals surface area contributed by atoms with Gasteiger partial charge in [0.25, 0.3) is 0 Å². The molecule has 0 bridgehead atoms. The number of benzene rings is 2. The van der Waals surface area contributed by atoms with Gasteiger partial charge in [0.1, 0.15) is 5.82 Å². The van der Waals surface area contributed by atoms with Crippen LogP contribution in [0, 0.1) is 11.7 Å². The molecule has 1 saturated carbocycles. The molecule has 29 heavy (non-hydrogen) atoms. The average molecular weight is 415 g/mol. The molecule has 0 heterocycles. The van der Waals surface area contributed by atoms with E-state index in [1.165, 1.54) is 41.7 Å². The van der Waals surface area contributed by atoms with E-state index >= 15 is 0 Å². The molecule has 3 nitrogen and oxygen atoms in total. The molecule has 0 saturated heterocycles. The molecule has 0 aliphatic heterocycles. The van der Waals surface area contributed by atoms with E-state index in [-0.39, 0.29) is 17.8 Å². The van der Waals surface area contributed by atoms with Gasteiger partial charge in [0, 0.05) is 24.3 Å². The van der Waals surface area contributed by atoms with Crippen molar-refractivity contribution in [2.45, 2.75) is 56.9 Å². The maximum atomic E-state index is 13.2. The smallest absolute Gasteiger partial charge is 0.123 e. The molecular formula is C24H31FN2OS. The molecule has 2 aliphatic carbocycles. The summed E-state index contributed by atoms with van der Waals surface area (Å²) in [5.74, 6) is 1.57. The van der Waals surface area contributed by atoms with E-state index in [0.717, 1.165) is 50.0 Å². The van der Waals surface area contributed by atoms with Crippen LogP contribution >= 0.6 is 0 Å². The Hall–Kier alpha value is -1.56. The summed E-state index contributed by atoms with van der Waals surface area (Å²) in [5, 5.41) is 0. The number of nitrogens with two attached hydrogens (primary N) is 1. The molecule has 1 fully saturated rings. The van der Waals surface area contributed by atoms with Crippen LogP contribution in [0.25, 0.3) is 0 Å². The summed E-state index contributed by atoms with van der Waals surface area (Å²) in [6, 6.07) is 13.7. The van der Waals surface area contributed by atoms with Gasteiger partial charge in [0.2, 0.25) is 0 Å². The predicted molar refractivity (Wildman–Crippen MR) is 118 cm³/mol. The van der Waals surface area contributed by atoms with Crippen LogP contribution in [-0.2, 0) is 30.2 Å². The van der Waals surface area contributed by atoms with Crippen molar-refractivity contribution in [3.8, 4) is 0 Å². The fourth-order valence-electron chi connectivity index (χ4n) is 4.30. The van der Waals surface area contributed by atoms with Crippen molar-refractivity contribution in [2.75, 3.05) is 12.3 Å². The van der Waals surface area contributed by atoms with Crippen molar-refractivity contribution >= 4 is 11.0 Å². The summed E-state index contributed by atoms with van der Waals surface area (Å²) < 4.78 is 28.3. The van der Waals surface area contributed by atoms with Gasteiger partial charge in [-0.15, -0.1) is 0 Å². The van der Waals surface area contributed by atoms with Crippen LogP contribution in [-0.4, -0.2) is 22.5 Å². The highest BCUT2D eigenvalue weighted by atomic mass is 32.2. The molecule has 3 atom stereocenters. The van der Waals surface area contributed by atoms with Crippen molar-refractivity contribution in [2.24, 2.45) is 11.7 Å². The number of aryl methyl sites for hydroxylation is 2. The Balaban J connectivity index is 1.37. The van der Waals surface area contributed by atoms with Crippen molar-refractivity contribution in [1.82, 2.24) is 4.72 Å². The molecule has 2 aliphatic rings. The van der Waals surface area contributed by atoms with Crippen LogP contribution in [0.15, 0.2) is 42.5 Å². The summed E-state index contributed by atoms with van der Waals surface area (Å²) in [5.41, 5.74) is 11.7. The normalized spacial score (nSPS) is 22.3. The Labute approximate surface area is 175 Å². The van der Waals surface area contributed by atoms with Crippen molar-refractivity contribution in [3.05, 3.63) is 70.5 Å². The van der Waals surface area contributed by atoms with E-state index in [0.29, 0.717) is 5.92 Å². The molecule has 0 spiro atoms. The number of hydrogen-bond donors (Lipinski definition) is 2. The third-order valence-electron chi connectivity index (χ3n) is 6.23. The van der Waals surface area contributed by atoms with Gasteiger partial charge < -0.3 is 5.73 Å². The Morgan fingerprint density at radius 1 is 1.07 bits per heavy atom. The van der Waals surface area contributed by atoms with Gasteiger partial charge >= 0.3 is 0 Å². The predicted octanol–water partition coefficient (Wildman–Crippen LogP) is 4.02. The molecule has 3 N–H and O–H groups in total. The second-order valence-electron chi connectivity index (χ2n) is 8.63. The first-order valence-electron chi connectivity index (χ1n) is 10.8. The molecule has 5 heteroatoms. The number of halogens is 1. The fourth-order valence-corrected chi connectivity index (χ4v) is 5.55. The van der Waals surface area contributed by atoms with E-state index in [9.17, 15) is 8.60 Å². The second kappa shape index (κ2) is 9.50. The van der Waals surface area contributed by atoms with Crippen molar-refractivity contribution < 1.29 is 8.60 Å². The Morgan fingerprint density at radius 3 is 2.59 bits per heavy atom. The zero-order valence-electron chi connectivity index (χ0n) is 16.9. The van der Waals surface area contributed by atoms with Crippen LogP contribution < -0.4 is 10.5 Å². The lowest BCUT2D eigenvalue weighted by Crippen LogP contribution is -2.34. The highest BCUT2D eigenvalue weighted by Crippen LogP contribution is 2.34. The molecular weight excluding hydrogens is 383 g/mol. The maximum Gasteiger partial charge on any atom is 0.123 e. The molecule has 0 radical (unpaired) electrons. The molecule has 2 aromatic rings. The molecule has 156 valence electrons. The number of fused-ring (bicyclic) bond motifs is 1. The summed E-state index contributed by atoms with van der Waals surface area (Å²) in [7, 11) is -0.876. The van der Waals surface area contributed by atoms with Gasteiger partial charge in [-0.2, -0.15) is 0 Å². The van der Waals surface area contributed by atoms with E-state index < -0.39 is 11.0 Å². The Kier molecular flexibility index (Phi) is 6.78. The van der Waals surface area contributed by atoms with E-state index in [1.54, 1.807) is 0 Å². The minimum atomic E-state index is -0.876. The lowest BCUT2D eigenvalue weighted by Gasteiger charge is -2.32. The van der Waals surface area contributed by atoms with Gasteiger partial charge in [-0.3, -0.25) is 0 Å². The second-order valence-corrected chi connectivity index (χ2v) is 9.94. The van der Waals surface area contributed by atoms with Crippen LogP contribution in [0.1, 0.15) is 53.9 Å². The summed E-state index contributed by atoms with van der Waals surface area (Å²) in [6.07, 6.45) is 7.30. The topological polar surface area (TPSA) is 55.1 Å². The first-order chi connectivity index (χ1) is 14.1. The first kappa shape index (κ1) is 20.7. The summed E-state index contributed by atoms with van der Waals surface area (Å²) in [6.45, 7) is 0.787. The average Bonchev–Trinajstić information content (AvgIpc) is 3.53. The van der Waals surface area contributed by atoms with Crippen LogP contribution in [0.2, 0.25) is 0 Å². The number of nitrogens with one attached hydrogen (secondary N) is 1.